The highest BCUT2D eigenvalue weighted by molar-refractivity contribution is 5.87. The van der Waals surface area contributed by atoms with Gasteiger partial charge in [-0.15, -0.1) is 0 Å². The molecule has 2 aromatic rings. The van der Waals surface area contributed by atoms with Crippen LogP contribution in [0.4, 0.5) is 0 Å². The zero-order chi connectivity index (χ0) is 14.1. The lowest BCUT2D eigenvalue weighted by molar-refractivity contribution is 0.0696. The summed E-state index contributed by atoms with van der Waals surface area (Å²) in [6.07, 6.45) is 0.885. The van der Waals surface area contributed by atoms with E-state index >= 15 is 0 Å². The molecule has 0 saturated heterocycles. The standard InChI is InChI=1S/C16H17NO3/c1-11-2-5-15(20-11)10-17-7-6-12-8-13(16(18)19)3-4-14(12)9-17/h2-5,8H,6-7,9-10H2,1H3,(H,18,19). The molecule has 0 aliphatic carbocycles. The summed E-state index contributed by atoms with van der Waals surface area (Å²) in [5.41, 5.74) is 2.74. The third kappa shape index (κ3) is 2.60. The second-order valence-corrected chi connectivity index (χ2v) is 5.26. The molecule has 0 saturated carbocycles. The molecule has 0 spiro atoms. The van der Waals surface area contributed by atoms with E-state index in [-0.39, 0.29) is 0 Å². The molecule has 0 amide bonds. The van der Waals surface area contributed by atoms with E-state index in [1.54, 1.807) is 12.1 Å². The number of nitrogens with zero attached hydrogens (tertiary/aromatic N) is 1. The molecule has 1 aliphatic rings. The normalized spacial score (nSPS) is 15.1. The fourth-order valence-electron chi connectivity index (χ4n) is 2.67. The van der Waals surface area contributed by atoms with Gasteiger partial charge in [0.15, 0.2) is 0 Å². The van der Waals surface area contributed by atoms with Crippen LogP contribution in [0.1, 0.15) is 33.0 Å². The summed E-state index contributed by atoms with van der Waals surface area (Å²) in [5.74, 6) is 1.05. The molecular weight excluding hydrogens is 254 g/mol. The number of carboxylic acid groups (broad SMARTS) is 1. The third-order valence-electron chi connectivity index (χ3n) is 3.72. The highest BCUT2D eigenvalue weighted by atomic mass is 16.4. The smallest absolute Gasteiger partial charge is 0.335 e. The van der Waals surface area contributed by atoms with E-state index in [0.717, 1.165) is 43.1 Å². The molecule has 1 aromatic heterocycles. The van der Waals surface area contributed by atoms with Gasteiger partial charge in [-0.2, -0.15) is 0 Å². The van der Waals surface area contributed by atoms with Crippen LogP contribution in [0.2, 0.25) is 0 Å². The predicted molar refractivity (Wildman–Crippen MR) is 74.7 cm³/mol. The molecule has 0 atom stereocenters. The Balaban J connectivity index is 1.73. The Bertz CT molecular complexity index is 645. The summed E-state index contributed by atoms with van der Waals surface area (Å²) < 4.78 is 5.61. The van der Waals surface area contributed by atoms with Crippen molar-refractivity contribution in [1.29, 1.82) is 0 Å². The van der Waals surface area contributed by atoms with E-state index in [0.29, 0.717) is 5.56 Å². The largest absolute Gasteiger partial charge is 0.478 e. The maximum Gasteiger partial charge on any atom is 0.335 e. The van der Waals surface area contributed by atoms with Gasteiger partial charge in [-0.25, -0.2) is 4.79 Å². The zero-order valence-corrected chi connectivity index (χ0v) is 11.4. The summed E-state index contributed by atoms with van der Waals surface area (Å²) >= 11 is 0. The number of hydrogen-bond donors (Lipinski definition) is 1. The minimum absolute atomic E-state index is 0.374. The second kappa shape index (κ2) is 5.13. The highest BCUT2D eigenvalue weighted by Gasteiger charge is 2.18. The van der Waals surface area contributed by atoms with Crippen molar-refractivity contribution in [2.75, 3.05) is 6.54 Å². The minimum atomic E-state index is -0.860. The number of rotatable bonds is 3. The summed E-state index contributed by atoms with van der Waals surface area (Å²) in [5, 5.41) is 9.01. The molecule has 0 fully saturated rings. The molecule has 1 aromatic carbocycles. The molecule has 0 bridgehead atoms. The van der Waals surface area contributed by atoms with Gasteiger partial charge in [0.1, 0.15) is 11.5 Å². The number of hydrogen-bond acceptors (Lipinski definition) is 3. The number of aryl methyl sites for hydroxylation is 1. The first-order valence-corrected chi connectivity index (χ1v) is 6.74. The third-order valence-corrected chi connectivity index (χ3v) is 3.72. The van der Waals surface area contributed by atoms with E-state index in [9.17, 15) is 4.79 Å². The molecule has 0 radical (unpaired) electrons. The number of carbonyl (C=O) groups is 1. The predicted octanol–water partition coefficient (Wildman–Crippen LogP) is 2.84. The molecule has 2 heterocycles. The fraction of sp³-hybridized carbons (Fsp3) is 0.312. The van der Waals surface area contributed by atoms with Crippen molar-refractivity contribution in [3.63, 3.8) is 0 Å². The number of carboxylic acids is 1. The first kappa shape index (κ1) is 12.9. The Kier molecular flexibility index (Phi) is 3.32. The summed E-state index contributed by atoms with van der Waals surface area (Å²) in [7, 11) is 0. The van der Waals surface area contributed by atoms with Crippen LogP contribution in [-0.2, 0) is 19.5 Å². The Hall–Kier alpha value is -2.07. The van der Waals surface area contributed by atoms with Crippen LogP contribution in [-0.4, -0.2) is 22.5 Å². The first-order valence-electron chi connectivity index (χ1n) is 6.74. The molecule has 20 heavy (non-hydrogen) atoms. The molecule has 1 aliphatic heterocycles. The molecular formula is C16H17NO3. The van der Waals surface area contributed by atoms with Crippen LogP contribution < -0.4 is 0 Å². The monoisotopic (exact) mass is 271 g/mol. The number of fused-ring (bicyclic) bond motifs is 1. The van der Waals surface area contributed by atoms with Gasteiger partial charge in [0.2, 0.25) is 0 Å². The van der Waals surface area contributed by atoms with Crippen LogP contribution in [0.25, 0.3) is 0 Å². The summed E-state index contributed by atoms with van der Waals surface area (Å²) in [4.78, 5) is 13.3. The second-order valence-electron chi connectivity index (χ2n) is 5.26. The fourth-order valence-corrected chi connectivity index (χ4v) is 2.67. The van der Waals surface area contributed by atoms with Crippen molar-refractivity contribution < 1.29 is 14.3 Å². The van der Waals surface area contributed by atoms with Gasteiger partial charge >= 0.3 is 5.97 Å². The quantitative estimate of drug-likeness (QED) is 0.932. The van der Waals surface area contributed by atoms with Crippen LogP contribution in [0.15, 0.2) is 34.7 Å². The number of benzene rings is 1. The summed E-state index contributed by atoms with van der Waals surface area (Å²) in [6, 6.07) is 9.40. The van der Waals surface area contributed by atoms with E-state index in [4.69, 9.17) is 9.52 Å². The Labute approximate surface area is 117 Å². The lowest BCUT2D eigenvalue weighted by Crippen LogP contribution is -2.30. The highest BCUT2D eigenvalue weighted by Crippen LogP contribution is 2.22. The molecule has 1 N–H and O–H groups in total. The summed E-state index contributed by atoms with van der Waals surface area (Å²) in [6.45, 7) is 4.52. The van der Waals surface area contributed by atoms with E-state index in [1.807, 2.05) is 25.1 Å². The van der Waals surface area contributed by atoms with E-state index < -0.39 is 5.97 Å². The van der Waals surface area contributed by atoms with Gasteiger partial charge in [0.05, 0.1) is 12.1 Å². The van der Waals surface area contributed by atoms with Crippen molar-refractivity contribution in [2.45, 2.75) is 26.4 Å². The lowest BCUT2D eigenvalue weighted by Gasteiger charge is -2.28. The molecule has 3 rings (SSSR count). The van der Waals surface area contributed by atoms with Crippen LogP contribution in [0, 0.1) is 6.92 Å². The number of aromatic carboxylic acids is 1. The number of furan rings is 1. The van der Waals surface area contributed by atoms with Gasteiger partial charge < -0.3 is 9.52 Å². The molecule has 104 valence electrons. The van der Waals surface area contributed by atoms with Crippen molar-refractivity contribution in [3.05, 3.63) is 58.5 Å². The van der Waals surface area contributed by atoms with Gasteiger partial charge in [-0.3, -0.25) is 4.90 Å². The minimum Gasteiger partial charge on any atom is -0.478 e. The molecule has 0 unspecified atom stereocenters. The topological polar surface area (TPSA) is 53.7 Å². The maximum atomic E-state index is 11.0. The van der Waals surface area contributed by atoms with E-state index in [2.05, 4.69) is 4.90 Å². The van der Waals surface area contributed by atoms with Crippen molar-refractivity contribution >= 4 is 5.97 Å². The van der Waals surface area contributed by atoms with Crippen molar-refractivity contribution in [3.8, 4) is 0 Å². The van der Waals surface area contributed by atoms with Gasteiger partial charge in [0.25, 0.3) is 0 Å². The van der Waals surface area contributed by atoms with E-state index in [1.165, 1.54) is 5.56 Å². The van der Waals surface area contributed by atoms with Crippen LogP contribution >= 0.6 is 0 Å². The zero-order valence-electron chi connectivity index (χ0n) is 11.4. The average molecular weight is 271 g/mol. The van der Waals surface area contributed by atoms with Gasteiger partial charge in [0, 0.05) is 13.1 Å². The van der Waals surface area contributed by atoms with Crippen LogP contribution in [0.5, 0.6) is 0 Å². The Morgan fingerprint density at radius 3 is 2.85 bits per heavy atom. The average Bonchev–Trinajstić information content (AvgIpc) is 2.83. The maximum absolute atomic E-state index is 11.0. The van der Waals surface area contributed by atoms with Gasteiger partial charge in [-0.05, 0) is 48.7 Å². The van der Waals surface area contributed by atoms with Crippen molar-refractivity contribution in [2.24, 2.45) is 0 Å². The van der Waals surface area contributed by atoms with Gasteiger partial charge in [-0.1, -0.05) is 6.07 Å². The van der Waals surface area contributed by atoms with Crippen LogP contribution in [0.3, 0.4) is 0 Å². The molecule has 4 heteroatoms. The SMILES string of the molecule is Cc1ccc(CN2CCc3cc(C(=O)O)ccc3C2)o1. The molecule has 4 nitrogen and oxygen atoms in total. The van der Waals surface area contributed by atoms with Crippen molar-refractivity contribution in [1.82, 2.24) is 4.90 Å². The Morgan fingerprint density at radius 1 is 1.30 bits per heavy atom. The lowest BCUT2D eigenvalue weighted by atomic mass is 9.97. The Morgan fingerprint density at radius 2 is 2.15 bits per heavy atom. The first-order chi connectivity index (χ1) is 9.61.